The second kappa shape index (κ2) is 6.20. The summed E-state index contributed by atoms with van der Waals surface area (Å²) in [5.41, 5.74) is 2.21. The quantitative estimate of drug-likeness (QED) is 0.813. The van der Waals surface area contributed by atoms with Crippen molar-refractivity contribution in [1.82, 2.24) is 10.1 Å². The average molecular weight is 305 g/mol. The van der Waals surface area contributed by atoms with Gasteiger partial charge in [-0.15, -0.1) is 0 Å². The maximum absolute atomic E-state index is 6.28. The van der Waals surface area contributed by atoms with Crippen molar-refractivity contribution in [3.8, 4) is 0 Å². The van der Waals surface area contributed by atoms with E-state index < -0.39 is 0 Å². The highest BCUT2D eigenvalue weighted by Crippen LogP contribution is 2.35. The van der Waals surface area contributed by atoms with Crippen molar-refractivity contribution in [2.75, 3.05) is 6.54 Å². The molecule has 0 radical (unpaired) electrons. The summed E-state index contributed by atoms with van der Waals surface area (Å²) < 4.78 is 5.58. The van der Waals surface area contributed by atoms with Gasteiger partial charge in [0.15, 0.2) is 5.76 Å². The summed E-state index contributed by atoms with van der Waals surface area (Å²) in [6.07, 6.45) is 2.31. The van der Waals surface area contributed by atoms with E-state index >= 15 is 0 Å². The van der Waals surface area contributed by atoms with Crippen molar-refractivity contribution >= 4 is 11.6 Å². The van der Waals surface area contributed by atoms with Gasteiger partial charge in [0.25, 0.3) is 0 Å². The number of benzene rings is 1. The summed E-state index contributed by atoms with van der Waals surface area (Å²) in [6, 6.07) is 10.5. The van der Waals surface area contributed by atoms with E-state index in [0.29, 0.717) is 12.0 Å². The molecule has 1 saturated heterocycles. The zero-order chi connectivity index (χ0) is 14.8. The number of hydrogen-bond acceptors (Lipinski definition) is 3. The fourth-order valence-corrected chi connectivity index (χ4v) is 3.11. The molecule has 0 N–H and O–H groups in total. The van der Waals surface area contributed by atoms with E-state index in [-0.39, 0.29) is 0 Å². The van der Waals surface area contributed by atoms with Crippen LogP contribution in [0.15, 0.2) is 34.9 Å². The van der Waals surface area contributed by atoms with Crippen LogP contribution < -0.4 is 0 Å². The van der Waals surface area contributed by atoms with E-state index in [4.69, 9.17) is 16.1 Å². The van der Waals surface area contributed by atoms with Gasteiger partial charge in [0.05, 0.1) is 11.7 Å². The molecule has 1 atom stereocenters. The standard InChI is InChI=1S/C17H21ClN2O/c1-12(2)15-10-17(21-19-15)16-8-5-9-20(16)11-13-6-3-4-7-14(13)18/h3-4,6-7,10,12,16H,5,8-9,11H2,1-2H3. The van der Waals surface area contributed by atoms with Crippen LogP contribution in [-0.4, -0.2) is 16.6 Å². The van der Waals surface area contributed by atoms with Crippen molar-refractivity contribution in [1.29, 1.82) is 0 Å². The molecule has 2 aromatic rings. The highest BCUT2D eigenvalue weighted by molar-refractivity contribution is 6.31. The first-order chi connectivity index (χ1) is 10.1. The lowest BCUT2D eigenvalue weighted by atomic mass is 10.1. The van der Waals surface area contributed by atoms with Crippen LogP contribution in [0.3, 0.4) is 0 Å². The molecule has 112 valence electrons. The molecule has 3 rings (SSSR count). The minimum Gasteiger partial charge on any atom is -0.359 e. The molecule has 21 heavy (non-hydrogen) atoms. The molecule has 2 heterocycles. The number of halogens is 1. The first-order valence-electron chi connectivity index (χ1n) is 7.59. The van der Waals surface area contributed by atoms with E-state index in [1.54, 1.807) is 0 Å². The Kier molecular flexibility index (Phi) is 4.32. The van der Waals surface area contributed by atoms with Gasteiger partial charge in [-0.25, -0.2) is 0 Å². The number of nitrogens with zero attached hydrogens (tertiary/aromatic N) is 2. The zero-order valence-corrected chi connectivity index (χ0v) is 13.3. The third-order valence-electron chi connectivity index (χ3n) is 4.16. The van der Waals surface area contributed by atoms with Crippen molar-refractivity contribution in [3.05, 3.63) is 52.4 Å². The van der Waals surface area contributed by atoms with Gasteiger partial charge in [-0.3, -0.25) is 4.90 Å². The fraction of sp³-hybridized carbons (Fsp3) is 0.471. The van der Waals surface area contributed by atoms with E-state index in [2.05, 4.69) is 36.0 Å². The van der Waals surface area contributed by atoms with Gasteiger partial charge in [-0.05, 0) is 36.9 Å². The van der Waals surface area contributed by atoms with Crippen LogP contribution >= 0.6 is 11.6 Å². The monoisotopic (exact) mass is 304 g/mol. The van der Waals surface area contributed by atoms with Crippen LogP contribution in [0, 0.1) is 0 Å². The van der Waals surface area contributed by atoms with Crippen LogP contribution in [0.2, 0.25) is 5.02 Å². The molecule has 4 heteroatoms. The lowest BCUT2D eigenvalue weighted by Crippen LogP contribution is -2.22. The van der Waals surface area contributed by atoms with Crippen LogP contribution in [-0.2, 0) is 6.54 Å². The van der Waals surface area contributed by atoms with Crippen molar-refractivity contribution in [2.24, 2.45) is 0 Å². The Bertz CT molecular complexity index is 608. The topological polar surface area (TPSA) is 29.3 Å². The van der Waals surface area contributed by atoms with Gasteiger partial charge >= 0.3 is 0 Å². The highest BCUT2D eigenvalue weighted by atomic mass is 35.5. The van der Waals surface area contributed by atoms with Gasteiger partial charge in [-0.1, -0.05) is 48.8 Å². The molecule has 3 nitrogen and oxygen atoms in total. The van der Waals surface area contributed by atoms with Gasteiger partial charge in [0.1, 0.15) is 0 Å². The molecule has 0 amide bonds. The first-order valence-corrected chi connectivity index (χ1v) is 7.97. The normalized spacial score (nSPS) is 19.5. The minimum absolute atomic E-state index is 0.321. The molecule has 0 saturated carbocycles. The van der Waals surface area contributed by atoms with E-state index in [1.165, 1.54) is 12.0 Å². The number of rotatable bonds is 4. The highest BCUT2D eigenvalue weighted by Gasteiger charge is 2.29. The Labute approximate surface area is 130 Å². The SMILES string of the molecule is CC(C)c1cc(C2CCCN2Cc2ccccc2Cl)on1. The fourth-order valence-electron chi connectivity index (χ4n) is 2.92. The Morgan fingerprint density at radius 1 is 1.38 bits per heavy atom. The van der Waals surface area contributed by atoms with Crippen LogP contribution in [0.5, 0.6) is 0 Å². The Morgan fingerprint density at radius 3 is 2.90 bits per heavy atom. The summed E-state index contributed by atoms with van der Waals surface area (Å²) in [6.45, 7) is 6.21. The predicted molar refractivity (Wildman–Crippen MR) is 84.4 cm³/mol. The van der Waals surface area contributed by atoms with E-state index in [0.717, 1.165) is 36.0 Å². The summed E-state index contributed by atoms with van der Waals surface area (Å²) in [5.74, 6) is 1.39. The van der Waals surface area contributed by atoms with Crippen molar-refractivity contribution in [3.63, 3.8) is 0 Å². The van der Waals surface area contributed by atoms with E-state index in [9.17, 15) is 0 Å². The molecule has 1 aromatic carbocycles. The third-order valence-corrected chi connectivity index (χ3v) is 4.53. The predicted octanol–water partition coefficient (Wildman–Crippen LogP) is 4.79. The summed E-state index contributed by atoms with van der Waals surface area (Å²) in [4.78, 5) is 2.44. The summed E-state index contributed by atoms with van der Waals surface area (Å²) >= 11 is 6.28. The molecular weight excluding hydrogens is 284 g/mol. The maximum Gasteiger partial charge on any atom is 0.154 e. The lowest BCUT2D eigenvalue weighted by molar-refractivity contribution is 0.206. The molecule has 0 aliphatic carbocycles. The van der Waals surface area contributed by atoms with E-state index in [1.807, 2.05) is 18.2 Å². The molecule has 0 spiro atoms. The van der Waals surface area contributed by atoms with Crippen LogP contribution in [0.25, 0.3) is 0 Å². The third kappa shape index (κ3) is 3.14. The summed E-state index contributed by atoms with van der Waals surface area (Å²) in [7, 11) is 0. The maximum atomic E-state index is 6.28. The molecule has 1 aromatic heterocycles. The zero-order valence-electron chi connectivity index (χ0n) is 12.6. The Balaban J connectivity index is 1.77. The number of likely N-dealkylation sites (tertiary alicyclic amines) is 1. The lowest BCUT2D eigenvalue weighted by Gasteiger charge is -2.22. The Hall–Kier alpha value is -1.32. The first kappa shape index (κ1) is 14.6. The summed E-state index contributed by atoms with van der Waals surface area (Å²) in [5, 5.41) is 5.03. The minimum atomic E-state index is 0.321. The van der Waals surface area contributed by atoms with Crippen molar-refractivity contribution in [2.45, 2.75) is 45.2 Å². The number of aromatic nitrogens is 1. The molecular formula is C17H21ClN2O. The Morgan fingerprint density at radius 2 is 2.19 bits per heavy atom. The molecule has 1 aliphatic heterocycles. The van der Waals surface area contributed by atoms with Crippen LogP contribution in [0.4, 0.5) is 0 Å². The molecule has 1 unspecified atom stereocenters. The second-order valence-corrected chi connectivity index (χ2v) is 6.44. The molecule has 0 bridgehead atoms. The average Bonchev–Trinajstić information content (AvgIpc) is 3.09. The number of hydrogen-bond donors (Lipinski definition) is 0. The van der Waals surface area contributed by atoms with Gasteiger partial charge < -0.3 is 4.52 Å². The molecule has 1 fully saturated rings. The largest absolute Gasteiger partial charge is 0.359 e. The second-order valence-electron chi connectivity index (χ2n) is 6.03. The van der Waals surface area contributed by atoms with Crippen LogP contribution in [0.1, 0.15) is 55.7 Å². The van der Waals surface area contributed by atoms with Gasteiger partial charge in [0.2, 0.25) is 0 Å². The molecule has 1 aliphatic rings. The van der Waals surface area contributed by atoms with Gasteiger partial charge in [0, 0.05) is 17.6 Å². The van der Waals surface area contributed by atoms with Crippen molar-refractivity contribution < 1.29 is 4.52 Å². The smallest absolute Gasteiger partial charge is 0.154 e. The van der Waals surface area contributed by atoms with Gasteiger partial charge in [-0.2, -0.15) is 0 Å².